The number of ether oxygens (including phenoxy) is 1. The molecule has 0 aromatic heterocycles. The number of aliphatic hydroxyl groups excluding tert-OH is 1. The summed E-state index contributed by atoms with van der Waals surface area (Å²) in [7, 11) is 0. The van der Waals surface area contributed by atoms with E-state index in [0.717, 1.165) is 24.0 Å². The lowest BCUT2D eigenvalue weighted by Crippen LogP contribution is -2.50. The molecule has 8 heteroatoms. The Balaban J connectivity index is 1.62. The molecule has 1 aliphatic rings. The zero-order valence-electron chi connectivity index (χ0n) is 17.9. The van der Waals surface area contributed by atoms with Crippen LogP contribution in [0.4, 0.5) is 14.0 Å². The van der Waals surface area contributed by atoms with Gasteiger partial charge < -0.3 is 26.2 Å². The molecule has 32 heavy (non-hydrogen) atoms. The fourth-order valence-electron chi connectivity index (χ4n) is 4.33. The van der Waals surface area contributed by atoms with Crippen LogP contribution < -0.4 is 16.4 Å². The molecule has 0 heterocycles. The van der Waals surface area contributed by atoms with Crippen molar-refractivity contribution < 1.29 is 23.8 Å². The number of primary amides is 1. The second kappa shape index (κ2) is 10.9. The van der Waals surface area contributed by atoms with E-state index in [0.29, 0.717) is 19.3 Å². The summed E-state index contributed by atoms with van der Waals surface area (Å²) >= 11 is 0. The molecule has 3 atom stereocenters. The van der Waals surface area contributed by atoms with Crippen LogP contribution in [-0.4, -0.2) is 42.5 Å². The lowest BCUT2D eigenvalue weighted by Gasteiger charge is -2.33. The molecule has 5 N–H and O–H groups in total. The minimum Gasteiger partial charge on any atom is -0.448 e. The summed E-state index contributed by atoms with van der Waals surface area (Å²) in [5.41, 5.74) is 6.45. The Kier molecular flexibility index (Phi) is 8.05. The van der Waals surface area contributed by atoms with Gasteiger partial charge in [0.15, 0.2) is 0 Å². The van der Waals surface area contributed by atoms with Crippen LogP contribution in [0.25, 0.3) is 0 Å². The highest BCUT2D eigenvalue weighted by molar-refractivity contribution is 5.74. The minimum absolute atomic E-state index is 0.0546. The zero-order chi connectivity index (χ0) is 23.0. The highest BCUT2D eigenvalue weighted by atomic mass is 19.1. The molecular weight excluding hydrogens is 413 g/mol. The molecule has 0 aliphatic heterocycles. The van der Waals surface area contributed by atoms with Crippen molar-refractivity contribution in [2.75, 3.05) is 13.2 Å². The molecule has 2 aromatic rings. The van der Waals surface area contributed by atoms with Crippen LogP contribution in [0.1, 0.15) is 30.4 Å². The van der Waals surface area contributed by atoms with Crippen molar-refractivity contribution in [2.45, 2.75) is 44.2 Å². The Hall–Kier alpha value is -3.13. The molecule has 7 nitrogen and oxygen atoms in total. The van der Waals surface area contributed by atoms with Gasteiger partial charge in [-0.05, 0) is 48.9 Å². The SMILES string of the molecule is NC(=O)OCC(Cc1ccccc1)NC(=O)NCC1(Cc2ccc(F)cc2)CCCC1O. The third kappa shape index (κ3) is 6.68. The van der Waals surface area contributed by atoms with Crippen LogP contribution in [0.5, 0.6) is 0 Å². The first-order chi connectivity index (χ1) is 15.4. The van der Waals surface area contributed by atoms with Crippen molar-refractivity contribution in [1.29, 1.82) is 0 Å². The van der Waals surface area contributed by atoms with E-state index in [9.17, 15) is 19.1 Å². The molecule has 0 radical (unpaired) electrons. The number of nitrogens with two attached hydrogens (primary N) is 1. The first-order valence-electron chi connectivity index (χ1n) is 10.8. The predicted molar refractivity (Wildman–Crippen MR) is 118 cm³/mol. The summed E-state index contributed by atoms with van der Waals surface area (Å²) in [5, 5.41) is 16.4. The van der Waals surface area contributed by atoms with Crippen LogP contribution in [0.2, 0.25) is 0 Å². The molecule has 172 valence electrons. The van der Waals surface area contributed by atoms with Crippen molar-refractivity contribution in [3.05, 3.63) is 71.5 Å². The topological polar surface area (TPSA) is 114 Å². The molecule has 1 aliphatic carbocycles. The summed E-state index contributed by atoms with van der Waals surface area (Å²) < 4.78 is 18.2. The highest BCUT2D eigenvalue weighted by Gasteiger charge is 2.42. The number of benzene rings is 2. The zero-order valence-corrected chi connectivity index (χ0v) is 17.9. The molecule has 0 saturated heterocycles. The van der Waals surface area contributed by atoms with E-state index in [2.05, 4.69) is 10.6 Å². The number of rotatable bonds is 9. The number of carbonyl (C=O) groups excluding carboxylic acids is 2. The maximum absolute atomic E-state index is 13.3. The standard InChI is InChI=1S/C24H30FN3O4/c25-19-10-8-18(9-11-19)14-24(12-4-7-21(24)29)16-27-23(31)28-20(15-32-22(26)30)13-17-5-2-1-3-6-17/h1-3,5-6,8-11,20-21,29H,4,7,12-16H2,(H2,26,30)(H2,27,28,31). The molecule has 0 spiro atoms. The van der Waals surface area contributed by atoms with E-state index >= 15 is 0 Å². The van der Waals surface area contributed by atoms with E-state index in [1.54, 1.807) is 12.1 Å². The summed E-state index contributed by atoms with van der Waals surface area (Å²) in [6.07, 6.45) is 1.80. The lowest BCUT2D eigenvalue weighted by molar-refractivity contribution is 0.0538. The fourth-order valence-corrected chi connectivity index (χ4v) is 4.33. The lowest BCUT2D eigenvalue weighted by atomic mass is 9.78. The molecular formula is C24H30FN3O4. The predicted octanol–water partition coefficient (Wildman–Crippen LogP) is 2.91. The van der Waals surface area contributed by atoms with Gasteiger partial charge in [0, 0.05) is 12.0 Å². The van der Waals surface area contributed by atoms with Crippen molar-refractivity contribution in [3.63, 3.8) is 0 Å². The van der Waals surface area contributed by atoms with Gasteiger partial charge in [0.25, 0.3) is 0 Å². The van der Waals surface area contributed by atoms with Crippen LogP contribution >= 0.6 is 0 Å². The average molecular weight is 444 g/mol. The Morgan fingerprint density at radius 3 is 2.50 bits per heavy atom. The Morgan fingerprint density at radius 2 is 1.88 bits per heavy atom. The van der Waals surface area contributed by atoms with Crippen LogP contribution in [0, 0.1) is 11.2 Å². The molecule has 1 fully saturated rings. The van der Waals surface area contributed by atoms with Gasteiger partial charge in [0.1, 0.15) is 12.4 Å². The number of carbonyl (C=O) groups is 2. The Morgan fingerprint density at radius 1 is 1.16 bits per heavy atom. The van der Waals surface area contributed by atoms with Crippen LogP contribution in [0.3, 0.4) is 0 Å². The number of amides is 3. The Bertz CT molecular complexity index is 894. The molecule has 0 bridgehead atoms. The van der Waals surface area contributed by atoms with Crippen molar-refractivity contribution >= 4 is 12.1 Å². The summed E-state index contributed by atoms with van der Waals surface area (Å²) in [6.45, 7) is 0.215. The van der Waals surface area contributed by atoms with Crippen LogP contribution in [-0.2, 0) is 17.6 Å². The molecule has 3 amide bonds. The second-order valence-corrected chi connectivity index (χ2v) is 8.42. The number of urea groups is 1. The van der Waals surface area contributed by atoms with Gasteiger partial charge in [-0.2, -0.15) is 0 Å². The highest BCUT2D eigenvalue weighted by Crippen LogP contribution is 2.40. The number of nitrogens with one attached hydrogen (secondary N) is 2. The fraction of sp³-hybridized carbons (Fsp3) is 0.417. The first kappa shape index (κ1) is 23.5. The van der Waals surface area contributed by atoms with Gasteiger partial charge in [-0.15, -0.1) is 0 Å². The van der Waals surface area contributed by atoms with Gasteiger partial charge in [0.05, 0.1) is 12.1 Å². The van der Waals surface area contributed by atoms with E-state index in [-0.39, 0.29) is 19.0 Å². The maximum atomic E-state index is 13.3. The average Bonchev–Trinajstić information content (AvgIpc) is 3.13. The van der Waals surface area contributed by atoms with E-state index in [1.807, 2.05) is 30.3 Å². The first-order valence-corrected chi connectivity index (χ1v) is 10.8. The largest absolute Gasteiger partial charge is 0.448 e. The van der Waals surface area contributed by atoms with Crippen molar-refractivity contribution in [2.24, 2.45) is 11.1 Å². The Labute approximate surface area is 187 Å². The quantitative estimate of drug-likeness (QED) is 0.477. The monoisotopic (exact) mass is 443 g/mol. The summed E-state index contributed by atoms with van der Waals surface area (Å²) in [4.78, 5) is 23.7. The minimum atomic E-state index is -0.905. The molecule has 2 aromatic carbocycles. The van der Waals surface area contributed by atoms with Gasteiger partial charge in [-0.1, -0.05) is 48.9 Å². The normalized spacial score (nSPS) is 21.0. The number of hydrogen-bond donors (Lipinski definition) is 4. The number of aliphatic hydroxyl groups is 1. The van der Waals surface area contributed by atoms with Gasteiger partial charge in [-0.25, -0.2) is 14.0 Å². The number of halogens is 1. The number of hydrogen-bond acceptors (Lipinski definition) is 4. The van der Waals surface area contributed by atoms with E-state index in [4.69, 9.17) is 10.5 Å². The second-order valence-electron chi connectivity index (χ2n) is 8.42. The van der Waals surface area contributed by atoms with E-state index < -0.39 is 29.7 Å². The molecule has 1 saturated carbocycles. The smallest absolute Gasteiger partial charge is 0.404 e. The molecule has 3 unspecified atom stereocenters. The summed E-state index contributed by atoms with van der Waals surface area (Å²) in [5.74, 6) is -0.310. The summed E-state index contributed by atoms with van der Waals surface area (Å²) in [6, 6.07) is 14.8. The van der Waals surface area contributed by atoms with Crippen molar-refractivity contribution in [1.82, 2.24) is 10.6 Å². The van der Waals surface area contributed by atoms with Gasteiger partial charge in [-0.3, -0.25) is 0 Å². The third-order valence-electron chi connectivity index (χ3n) is 6.02. The van der Waals surface area contributed by atoms with Crippen LogP contribution in [0.15, 0.2) is 54.6 Å². The van der Waals surface area contributed by atoms with Gasteiger partial charge >= 0.3 is 12.1 Å². The maximum Gasteiger partial charge on any atom is 0.404 e. The third-order valence-corrected chi connectivity index (χ3v) is 6.02. The van der Waals surface area contributed by atoms with E-state index in [1.165, 1.54) is 12.1 Å². The van der Waals surface area contributed by atoms with Crippen molar-refractivity contribution in [3.8, 4) is 0 Å². The molecule has 3 rings (SSSR count). The van der Waals surface area contributed by atoms with Gasteiger partial charge in [0.2, 0.25) is 0 Å².